The third kappa shape index (κ3) is 3.54. The van der Waals surface area contributed by atoms with E-state index in [9.17, 15) is 9.18 Å². The highest BCUT2D eigenvalue weighted by Crippen LogP contribution is 2.35. The minimum atomic E-state index is -0.316. The molecule has 2 heterocycles. The van der Waals surface area contributed by atoms with Crippen LogP contribution in [-0.4, -0.2) is 22.0 Å². The van der Waals surface area contributed by atoms with Gasteiger partial charge in [0, 0.05) is 31.1 Å². The van der Waals surface area contributed by atoms with Crippen LogP contribution in [-0.2, 0) is 11.3 Å². The van der Waals surface area contributed by atoms with Crippen molar-refractivity contribution in [3.63, 3.8) is 0 Å². The highest BCUT2D eigenvalue weighted by atomic mass is 19.1. The van der Waals surface area contributed by atoms with Crippen LogP contribution in [0.4, 0.5) is 10.1 Å². The second-order valence-corrected chi connectivity index (χ2v) is 8.46. The van der Waals surface area contributed by atoms with Crippen LogP contribution in [0.25, 0.3) is 11.0 Å². The number of rotatable bonds is 4. The van der Waals surface area contributed by atoms with Gasteiger partial charge in [0.1, 0.15) is 11.6 Å². The van der Waals surface area contributed by atoms with E-state index in [1.54, 1.807) is 17.0 Å². The first-order chi connectivity index (χ1) is 14.2. The van der Waals surface area contributed by atoms with Gasteiger partial charge in [-0.2, -0.15) is 0 Å². The molecular formula is C24H26FN3O. The van der Waals surface area contributed by atoms with E-state index in [1.165, 1.54) is 44.2 Å². The zero-order chi connectivity index (χ0) is 19.8. The molecule has 1 atom stereocenters. The number of fused-ring (bicyclic) bond motifs is 1. The van der Waals surface area contributed by atoms with Crippen LogP contribution < -0.4 is 4.90 Å². The summed E-state index contributed by atoms with van der Waals surface area (Å²) in [5.74, 6) is 1.43. The fourth-order valence-electron chi connectivity index (χ4n) is 5.00. The number of para-hydroxylation sites is 2. The van der Waals surface area contributed by atoms with Crippen molar-refractivity contribution >= 4 is 22.6 Å². The molecular weight excluding hydrogens is 365 g/mol. The molecule has 0 radical (unpaired) electrons. The third-order valence-electron chi connectivity index (χ3n) is 6.46. The molecule has 0 spiro atoms. The predicted octanol–water partition coefficient (Wildman–Crippen LogP) is 5.28. The zero-order valence-corrected chi connectivity index (χ0v) is 16.6. The van der Waals surface area contributed by atoms with Crippen molar-refractivity contribution in [1.29, 1.82) is 0 Å². The molecule has 2 aromatic carbocycles. The molecule has 4 nitrogen and oxygen atoms in total. The summed E-state index contributed by atoms with van der Waals surface area (Å²) in [5, 5.41) is 0. The first kappa shape index (κ1) is 18.3. The lowest BCUT2D eigenvalue weighted by molar-refractivity contribution is -0.117. The normalized spacial score (nSPS) is 20.7. The highest BCUT2D eigenvalue weighted by molar-refractivity contribution is 5.96. The predicted molar refractivity (Wildman–Crippen MR) is 112 cm³/mol. The van der Waals surface area contributed by atoms with Crippen LogP contribution in [0.15, 0.2) is 48.5 Å². The van der Waals surface area contributed by atoms with Gasteiger partial charge in [-0.05, 0) is 49.1 Å². The lowest BCUT2D eigenvalue weighted by atomic mass is 9.89. The average molecular weight is 391 g/mol. The minimum absolute atomic E-state index is 0.0294. The molecule has 3 aromatic rings. The van der Waals surface area contributed by atoms with Gasteiger partial charge in [0.15, 0.2) is 0 Å². The topological polar surface area (TPSA) is 38.1 Å². The Hall–Kier alpha value is -2.69. The zero-order valence-electron chi connectivity index (χ0n) is 16.6. The van der Waals surface area contributed by atoms with E-state index < -0.39 is 0 Å². The van der Waals surface area contributed by atoms with Gasteiger partial charge >= 0.3 is 0 Å². The van der Waals surface area contributed by atoms with Crippen molar-refractivity contribution in [3.05, 3.63) is 60.2 Å². The number of hydrogen-bond donors (Lipinski definition) is 0. The van der Waals surface area contributed by atoms with E-state index in [1.807, 2.05) is 6.07 Å². The van der Waals surface area contributed by atoms with E-state index in [-0.39, 0.29) is 17.6 Å². The van der Waals surface area contributed by atoms with Crippen molar-refractivity contribution in [2.45, 2.75) is 51.0 Å². The Balaban J connectivity index is 1.48. The maximum absolute atomic E-state index is 13.7. The SMILES string of the molecule is O=C1CC(c2nc3ccccc3n2CC2CCCCC2)CN1c1cccc(F)c1. The van der Waals surface area contributed by atoms with Gasteiger partial charge in [0.05, 0.1) is 11.0 Å². The number of aromatic nitrogens is 2. The average Bonchev–Trinajstić information content (AvgIpc) is 3.30. The minimum Gasteiger partial charge on any atom is -0.327 e. The van der Waals surface area contributed by atoms with Gasteiger partial charge in [0.25, 0.3) is 0 Å². The summed E-state index contributed by atoms with van der Waals surface area (Å²) in [7, 11) is 0. The molecule has 2 fully saturated rings. The molecule has 1 saturated heterocycles. The quantitative estimate of drug-likeness (QED) is 0.607. The number of carbonyl (C=O) groups excluding carboxylic acids is 1. The second kappa shape index (κ2) is 7.62. The molecule has 2 aliphatic rings. The number of nitrogens with zero attached hydrogens (tertiary/aromatic N) is 3. The fourth-order valence-corrected chi connectivity index (χ4v) is 5.00. The standard InChI is InChI=1S/C24H26FN3O/c25-19-9-6-10-20(14-19)27-16-18(13-23(27)29)24-26-21-11-4-5-12-22(21)28(24)15-17-7-2-1-3-8-17/h4-6,9-12,14,17-18H,1-3,7-8,13,15-16H2. The fraction of sp³-hybridized carbons (Fsp3) is 0.417. The van der Waals surface area contributed by atoms with Crippen LogP contribution in [0.1, 0.15) is 50.3 Å². The van der Waals surface area contributed by atoms with Crippen molar-refractivity contribution in [2.75, 3.05) is 11.4 Å². The van der Waals surface area contributed by atoms with Crippen LogP contribution in [0.2, 0.25) is 0 Å². The molecule has 150 valence electrons. The Labute approximate surface area is 170 Å². The lowest BCUT2D eigenvalue weighted by Crippen LogP contribution is -2.25. The van der Waals surface area contributed by atoms with Gasteiger partial charge < -0.3 is 9.47 Å². The first-order valence-corrected chi connectivity index (χ1v) is 10.7. The summed E-state index contributed by atoms with van der Waals surface area (Å²) >= 11 is 0. The summed E-state index contributed by atoms with van der Waals surface area (Å²) < 4.78 is 16.0. The van der Waals surface area contributed by atoms with E-state index in [2.05, 4.69) is 22.8 Å². The molecule has 1 amide bonds. The Bertz CT molecular complexity index is 1040. The maximum atomic E-state index is 13.7. The number of carbonyl (C=O) groups is 1. The van der Waals surface area contributed by atoms with Crippen LogP contribution in [0.5, 0.6) is 0 Å². The Morgan fingerprint density at radius 2 is 1.86 bits per heavy atom. The van der Waals surface area contributed by atoms with E-state index in [0.29, 0.717) is 24.6 Å². The molecule has 5 rings (SSSR count). The van der Waals surface area contributed by atoms with E-state index >= 15 is 0 Å². The first-order valence-electron chi connectivity index (χ1n) is 10.7. The number of halogens is 1. The highest BCUT2D eigenvalue weighted by Gasteiger charge is 2.35. The summed E-state index contributed by atoms with van der Waals surface area (Å²) in [6.07, 6.45) is 6.91. The van der Waals surface area contributed by atoms with Crippen LogP contribution >= 0.6 is 0 Å². The molecule has 1 aromatic heterocycles. The van der Waals surface area contributed by atoms with Gasteiger partial charge in [-0.3, -0.25) is 4.79 Å². The van der Waals surface area contributed by atoms with Crippen molar-refractivity contribution < 1.29 is 9.18 Å². The monoisotopic (exact) mass is 391 g/mol. The van der Waals surface area contributed by atoms with Crippen LogP contribution in [0.3, 0.4) is 0 Å². The molecule has 0 N–H and O–H groups in total. The number of benzene rings is 2. The van der Waals surface area contributed by atoms with Crippen molar-refractivity contribution in [2.24, 2.45) is 5.92 Å². The Kier molecular flexibility index (Phi) is 4.82. The largest absolute Gasteiger partial charge is 0.327 e. The molecule has 0 bridgehead atoms. The maximum Gasteiger partial charge on any atom is 0.227 e. The van der Waals surface area contributed by atoms with Gasteiger partial charge in [-0.15, -0.1) is 0 Å². The molecule has 1 unspecified atom stereocenters. The molecule has 1 aliphatic carbocycles. The van der Waals surface area contributed by atoms with Crippen LogP contribution in [0, 0.1) is 11.7 Å². The van der Waals surface area contributed by atoms with Gasteiger partial charge in [0.2, 0.25) is 5.91 Å². The second-order valence-electron chi connectivity index (χ2n) is 8.46. The summed E-state index contributed by atoms with van der Waals surface area (Å²) in [5.41, 5.74) is 2.78. The molecule has 1 saturated carbocycles. The van der Waals surface area contributed by atoms with E-state index in [0.717, 1.165) is 23.4 Å². The Morgan fingerprint density at radius 3 is 2.69 bits per heavy atom. The van der Waals surface area contributed by atoms with Crippen molar-refractivity contribution in [3.8, 4) is 0 Å². The van der Waals surface area contributed by atoms with Crippen molar-refractivity contribution in [1.82, 2.24) is 9.55 Å². The molecule has 1 aliphatic heterocycles. The van der Waals surface area contributed by atoms with E-state index in [4.69, 9.17) is 4.98 Å². The number of imidazole rings is 1. The number of hydrogen-bond acceptors (Lipinski definition) is 2. The Morgan fingerprint density at radius 1 is 1.03 bits per heavy atom. The number of amides is 1. The van der Waals surface area contributed by atoms with Gasteiger partial charge in [-0.1, -0.05) is 37.5 Å². The third-order valence-corrected chi connectivity index (χ3v) is 6.46. The smallest absolute Gasteiger partial charge is 0.227 e. The molecule has 5 heteroatoms. The van der Waals surface area contributed by atoms with Gasteiger partial charge in [-0.25, -0.2) is 9.37 Å². The number of anilines is 1. The lowest BCUT2D eigenvalue weighted by Gasteiger charge is -2.24. The summed E-state index contributed by atoms with van der Waals surface area (Å²) in [6, 6.07) is 14.6. The summed E-state index contributed by atoms with van der Waals surface area (Å²) in [4.78, 5) is 19.4. The summed E-state index contributed by atoms with van der Waals surface area (Å²) in [6.45, 7) is 1.52. The molecule has 29 heavy (non-hydrogen) atoms.